The van der Waals surface area contributed by atoms with Gasteiger partial charge in [-0.3, -0.25) is 0 Å². The summed E-state index contributed by atoms with van der Waals surface area (Å²) < 4.78 is 5.66. The standard InChI is InChI=1S/C15H33N3O/c1-14(2)16-11-15(7-10-19-13-15)12-18(5)9-6-8-17(3)4/h14,16H,6-13H2,1-5H3. The molecule has 1 aliphatic heterocycles. The second kappa shape index (κ2) is 8.20. The second-order valence-electron chi connectivity index (χ2n) is 6.73. The Balaban J connectivity index is 2.35. The first kappa shape index (κ1) is 16.9. The Morgan fingerprint density at radius 2 is 1.95 bits per heavy atom. The summed E-state index contributed by atoms with van der Waals surface area (Å²) in [6.45, 7) is 10.8. The molecule has 0 aliphatic carbocycles. The number of hydrogen-bond donors (Lipinski definition) is 1. The molecule has 0 spiro atoms. The molecule has 1 atom stereocenters. The minimum atomic E-state index is 0.317. The van der Waals surface area contributed by atoms with Crippen LogP contribution >= 0.6 is 0 Å². The van der Waals surface area contributed by atoms with Crippen LogP contribution in [0.4, 0.5) is 0 Å². The summed E-state index contributed by atoms with van der Waals surface area (Å²) in [7, 11) is 6.52. The van der Waals surface area contributed by atoms with Crippen molar-refractivity contribution in [1.82, 2.24) is 15.1 Å². The third-order valence-corrected chi connectivity index (χ3v) is 3.82. The Kier molecular flexibility index (Phi) is 7.29. The van der Waals surface area contributed by atoms with Gasteiger partial charge in [-0.1, -0.05) is 13.8 Å². The summed E-state index contributed by atoms with van der Waals surface area (Å²) in [5, 5.41) is 3.59. The fraction of sp³-hybridized carbons (Fsp3) is 1.00. The Hall–Kier alpha value is -0.160. The predicted molar refractivity (Wildman–Crippen MR) is 81.7 cm³/mol. The van der Waals surface area contributed by atoms with Crippen molar-refractivity contribution in [3.05, 3.63) is 0 Å². The fourth-order valence-corrected chi connectivity index (χ4v) is 2.70. The zero-order valence-electron chi connectivity index (χ0n) is 13.5. The van der Waals surface area contributed by atoms with Crippen molar-refractivity contribution in [3.8, 4) is 0 Å². The second-order valence-corrected chi connectivity index (χ2v) is 6.73. The van der Waals surface area contributed by atoms with Gasteiger partial charge >= 0.3 is 0 Å². The highest BCUT2D eigenvalue weighted by molar-refractivity contribution is 4.88. The van der Waals surface area contributed by atoms with Crippen LogP contribution in [0.2, 0.25) is 0 Å². The first-order valence-corrected chi connectivity index (χ1v) is 7.58. The lowest BCUT2D eigenvalue weighted by molar-refractivity contribution is 0.116. The van der Waals surface area contributed by atoms with E-state index in [0.717, 1.165) is 32.8 Å². The van der Waals surface area contributed by atoms with Gasteiger partial charge in [-0.2, -0.15) is 0 Å². The number of nitrogens with one attached hydrogen (secondary N) is 1. The molecule has 19 heavy (non-hydrogen) atoms. The topological polar surface area (TPSA) is 27.7 Å². The van der Waals surface area contributed by atoms with Crippen LogP contribution < -0.4 is 5.32 Å². The van der Waals surface area contributed by atoms with Crippen molar-refractivity contribution in [2.45, 2.75) is 32.7 Å². The molecule has 4 heteroatoms. The van der Waals surface area contributed by atoms with Crippen LogP contribution in [0.1, 0.15) is 26.7 Å². The zero-order valence-corrected chi connectivity index (χ0v) is 13.5. The van der Waals surface area contributed by atoms with E-state index in [1.165, 1.54) is 19.4 Å². The monoisotopic (exact) mass is 271 g/mol. The summed E-state index contributed by atoms with van der Waals surface area (Å²) >= 11 is 0. The Bertz CT molecular complexity index is 238. The first-order valence-electron chi connectivity index (χ1n) is 7.58. The molecule has 0 radical (unpaired) electrons. The van der Waals surface area contributed by atoms with Crippen LogP contribution in [-0.2, 0) is 4.74 Å². The average Bonchev–Trinajstić information content (AvgIpc) is 2.75. The molecule has 1 heterocycles. The zero-order chi connectivity index (χ0) is 14.3. The van der Waals surface area contributed by atoms with Crippen molar-refractivity contribution in [2.75, 3.05) is 60.5 Å². The van der Waals surface area contributed by atoms with Crippen molar-refractivity contribution < 1.29 is 4.74 Å². The van der Waals surface area contributed by atoms with E-state index in [1.807, 2.05) is 0 Å². The van der Waals surface area contributed by atoms with Gasteiger partial charge in [-0.05, 0) is 47.1 Å². The van der Waals surface area contributed by atoms with Gasteiger partial charge in [0, 0.05) is 31.2 Å². The minimum absolute atomic E-state index is 0.317. The molecule has 1 N–H and O–H groups in total. The van der Waals surface area contributed by atoms with Gasteiger partial charge in [-0.25, -0.2) is 0 Å². The summed E-state index contributed by atoms with van der Waals surface area (Å²) in [4.78, 5) is 4.72. The molecule has 0 aromatic heterocycles. The molecular weight excluding hydrogens is 238 g/mol. The molecule has 0 aromatic carbocycles. The highest BCUT2D eigenvalue weighted by Gasteiger charge is 2.35. The average molecular weight is 271 g/mol. The van der Waals surface area contributed by atoms with Crippen molar-refractivity contribution in [2.24, 2.45) is 5.41 Å². The fourth-order valence-electron chi connectivity index (χ4n) is 2.70. The van der Waals surface area contributed by atoms with Crippen molar-refractivity contribution in [3.63, 3.8) is 0 Å². The van der Waals surface area contributed by atoms with Gasteiger partial charge in [0.05, 0.1) is 6.61 Å². The smallest absolute Gasteiger partial charge is 0.0547 e. The Morgan fingerprint density at radius 3 is 2.47 bits per heavy atom. The van der Waals surface area contributed by atoms with Crippen molar-refractivity contribution >= 4 is 0 Å². The van der Waals surface area contributed by atoms with Gasteiger partial charge in [0.25, 0.3) is 0 Å². The molecule has 1 saturated heterocycles. The maximum Gasteiger partial charge on any atom is 0.0547 e. The van der Waals surface area contributed by atoms with Gasteiger partial charge in [0.15, 0.2) is 0 Å². The molecule has 1 rings (SSSR count). The largest absolute Gasteiger partial charge is 0.381 e. The normalized spacial score (nSPS) is 24.0. The highest BCUT2D eigenvalue weighted by Crippen LogP contribution is 2.29. The lowest BCUT2D eigenvalue weighted by Crippen LogP contribution is -2.45. The number of rotatable bonds is 9. The third-order valence-electron chi connectivity index (χ3n) is 3.82. The highest BCUT2D eigenvalue weighted by atomic mass is 16.5. The lowest BCUT2D eigenvalue weighted by atomic mass is 9.86. The summed E-state index contributed by atoms with van der Waals surface area (Å²) in [6.07, 6.45) is 2.42. The predicted octanol–water partition coefficient (Wildman–Crippen LogP) is 1.27. The third kappa shape index (κ3) is 6.70. The van der Waals surface area contributed by atoms with E-state index in [-0.39, 0.29) is 0 Å². The van der Waals surface area contributed by atoms with E-state index in [9.17, 15) is 0 Å². The van der Waals surface area contributed by atoms with Crippen LogP contribution in [0.3, 0.4) is 0 Å². The molecule has 1 unspecified atom stereocenters. The van der Waals surface area contributed by atoms with E-state index >= 15 is 0 Å². The van der Waals surface area contributed by atoms with Crippen LogP contribution in [0, 0.1) is 5.41 Å². The van der Waals surface area contributed by atoms with Gasteiger partial charge in [0.1, 0.15) is 0 Å². The molecule has 1 fully saturated rings. The van der Waals surface area contributed by atoms with E-state index in [0.29, 0.717) is 11.5 Å². The Morgan fingerprint density at radius 1 is 1.21 bits per heavy atom. The molecular formula is C15H33N3O. The summed E-state index contributed by atoms with van der Waals surface area (Å²) in [6, 6.07) is 0.552. The lowest BCUT2D eigenvalue weighted by Gasteiger charge is -2.33. The van der Waals surface area contributed by atoms with Crippen LogP contribution in [0.5, 0.6) is 0 Å². The summed E-state index contributed by atoms with van der Waals surface area (Å²) in [5.74, 6) is 0. The van der Waals surface area contributed by atoms with E-state index in [1.54, 1.807) is 0 Å². The van der Waals surface area contributed by atoms with Crippen LogP contribution in [-0.4, -0.2) is 76.4 Å². The number of hydrogen-bond acceptors (Lipinski definition) is 4. The molecule has 4 nitrogen and oxygen atoms in total. The molecule has 0 aromatic rings. The van der Waals surface area contributed by atoms with Crippen molar-refractivity contribution in [1.29, 1.82) is 0 Å². The molecule has 114 valence electrons. The van der Waals surface area contributed by atoms with Crippen LogP contribution in [0.25, 0.3) is 0 Å². The number of nitrogens with zero attached hydrogens (tertiary/aromatic N) is 2. The summed E-state index contributed by atoms with van der Waals surface area (Å²) in [5.41, 5.74) is 0.317. The van der Waals surface area contributed by atoms with Gasteiger partial charge in [-0.15, -0.1) is 0 Å². The van der Waals surface area contributed by atoms with E-state index in [2.05, 4.69) is 50.1 Å². The van der Waals surface area contributed by atoms with E-state index < -0.39 is 0 Å². The molecule has 0 amide bonds. The molecule has 0 bridgehead atoms. The number of ether oxygens (including phenoxy) is 1. The Labute approximate surface area is 119 Å². The quantitative estimate of drug-likeness (QED) is 0.683. The maximum absolute atomic E-state index is 5.66. The van der Waals surface area contributed by atoms with E-state index in [4.69, 9.17) is 4.74 Å². The van der Waals surface area contributed by atoms with Gasteiger partial charge in [0.2, 0.25) is 0 Å². The SMILES string of the molecule is CC(C)NCC1(CN(C)CCCN(C)C)CCOC1. The first-order chi connectivity index (χ1) is 8.93. The maximum atomic E-state index is 5.66. The minimum Gasteiger partial charge on any atom is -0.381 e. The molecule has 0 saturated carbocycles. The van der Waals surface area contributed by atoms with Gasteiger partial charge < -0.3 is 19.9 Å². The van der Waals surface area contributed by atoms with Crippen LogP contribution in [0.15, 0.2) is 0 Å². The molecule has 1 aliphatic rings.